The lowest BCUT2D eigenvalue weighted by atomic mass is 10.1. The zero-order chi connectivity index (χ0) is 24.4. The Morgan fingerprint density at radius 3 is 2.57 bits per heavy atom. The molecule has 0 spiro atoms. The molecule has 0 unspecified atom stereocenters. The van der Waals surface area contributed by atoms with Gasteiger partial charge < -0.3 is 30.5 Å². The third-order valence-corrected chi connectivity index (χ3v) is 5.71. The van der Waals surface area contributed by atoms with Crippen LogP contribution in [0.5, 0.6) is 5.75 Å². The summed E-state index contributed by atoms with van der Waals surface area (Å²) in [4.78, 5) is 12.8. The highest BCUT2D eigenvalue weighted by Gasteiger charge is 2.44. The minimum Gasteiger partial charge on any atom is -0.480 e. The Kier molecular flexibility index (Phi) is 6.31. The van der Waals surface area contributed by atoms with Gasteiger partial charge in [0, 0.05) is 5.56 Å². The fourth-order valence-corrected chi connectivity index (χ4v) is 3.97. The van der Waals surface area contributed by atoms with E-state index in [1.165, 1.54) is 10.9 Å². The van der Waals surface area contributed by atoms with Gasteiger partial charge in [0.25, 0.3) is 0 Å². The molecule has 4 aromatic rings. The standard InChI is InChI=1S/C25H23N5O5/c26-23-20-24(30(14-27-20)25-22(33)21(32)18(13-31)35-25)29-19(28-23)11-6-12-34-17-10-5-4-9-16(17)15-7-2-1-3-8-15/h1-5,7-10,14,18,21-22,25,31-33H,12-13H2,(H2,26,28,29)/t18-,21-,22-,25-/m1/s1. The number of aliphatic hydroxyl groups excluding tert-OH is 3. The molecule has 0 saturated carbocycles. The van der Waals surface area contributed by atoms with Crippen LogP contribution in [-0.2, 0) is 4.74 Å². The number of para-hydroxylation sites is 1. The summed E-state index contributed by atoms with van der Waals surface area (Å²) in [5, 5.41) is 29.8. The molecule has 5 rings (SSSR count). The topological polar surface area (TPSA) is 149 Å². The molecule has 2 aromatic carbocycles. The summed E-state index contributed by atoms with van der Waals surface area (Å²) in [5.74, 6) is 6.70. The number of fused-ring (bicyclic) bond motifs is 1. The van der Waals surface area contributed by atoms with Gasteiger partial charge in [0.2, 0.25) is 5.82 Å². The molecule has 4 atom stereocenters. The number of aromatic nitrogens is 4. The molecule has 1 fully saturated rings. The Morgan fingerprint density at radius 2 is 1.80 bits per heavy atom. The van der Waals surface area contributed by atoms with Crippen LogP contribution in [0.4, 0.5) is 5.82 Å². The fraction of sp³-hybridized carbons (Fsp3) is 0.240. The SMILES string of the molecule is Nc1nc(C#CCOc2ccccc2-c2ccccc2)nc2c1ncn2[C@@H]1O[C@H](CO)[C@@H](O)[C@H]1O. The number of rotatable bonds is 5. The van der Waals surface area contributed by atoms with Crippen LogP contribution in [0.1, 0.15) is 12.1 Å². The van der Waals surface area contributed by atoms with E-state index in [4.69, 9.17) is 15.2 Å². The van der Waals surface area contributed by atoms with Crippen LogP contribution in [0.25, 0.3) is 22.3 Å². The molecule has 0 bridgehead atoms. The Hall–Kier alpha value is -4.01. The van der Waals surface area contributed by atoms with Gasteiger partial charge in [-0.2, -0.15) is 0 Å². The Morgan fingerprint density at radius 1 is 1.03 bits per heavy atom. The lowest BCUT2D eigenvalue weighted by Crippen LogP contribution is -2.33. The van der Waals surface area contributed by atoms with Crippen LogP contribution in [0.2, 0.25) is 0 Å². The average molecular weight is 473 g/mol. The number of hydrogen-bond acceptors (Lipinski definition) is 9. The van der Waals surface area contributed by atoms with Crippen LogP contribution >= 0.6 is 0 Å². The first-order valence-corrected chi connectivity index (χ1v) is 11.0. The zero-order valence-corrected chi connectivity index (χ0v) is 18.5. The smallest absolute Gasteiger partial charge is 0.209 e. The lowest BCUT2D eigenvalue weighted by molar-refractivity contribution is -0.0511. The van der Waals surface area contributed by atoms with Crippen molar-refractivity contribution in [3.8, 4) is 28.7 Å². The largest absolute Gasteiger partial charge is 0.480 e. The maximum atomic E-state index is 10.4. The summed E-state index contributed by atoms with van der Waals surface area (Å²) >= 11 is 0. The molecule has 10 nitrogen and oxygen atoms in total. The second-order valence-corrected chi connectivity index (χ2v) is 7.94. The molecular weight excluding hydrogens is 450 g/mol. The van der Waals surface area contributed by atoms with Gasteiger partial charge in [-0.05, 0) is 17.6 Å². The van der Waals surface area contributed by atoms with Gasteiger partial charge >= 0.3 is 0 Å². The van der Waals surface area contributed by atoms with Crippen molar-refractivity contribution in [1.82, 2.24) is 19.5 Å². The number of anilines is 1. The Bertz CT molecular complexity index is 1400. The summed E-state index contributed by atoms with van der Waals surface area (Å²) < 4.78 is 12.9. The van der Waals surface area contributed by atoms with Crippen LogP contribution < -0.4 is 10.5 Å². The van der Waals surface area contributed by atoms with Gasteiger partial charge in [-0.15, -0.1) is 0 Å². The number of nitrogens with two attached hydrogens (primary N) is 1. The van der Waals surface area contributed by atoms with E-state index in [-0.39, 0.29) is 23.9 Å². The van der Waals surface area contributed by atoms with Crippen LogP contribution in [0.15, 0.2) is 60.9 Å². The van der Waals surface area contributed by atoms with Crippen molar-refractivity contribution in [3.05, 3.63) is 66.7 Å². The maximum absolute atomic E-state index is 10.4. The van der Waals surface area contributed by atoms with Crippen LogP contribution in [0.3, 0.4) is 0 Å². The van der Waals surface area contributed by atoms with Gasteiger partial charge in [-0.3, -0.25) is 4.57 Å². The molecule has 1 saturated heterocycles. The molecule has 178 valence electrons. The first kappa shape index (κ1) is 22.8. The molecule has 2 aromatic heterocycles. The second-order valence-electron chi connectivity index (χ2n) is 7.94. The van der Waals surface area contributed by atoms with Gasteiger partial charge in [0.15, 0.2) is 17.7 Å². The van der Waals surface area contributed by atoms with E-state index >= 15 is 0 Å². The first-order chi connectivity index (χ1) is 17.1. The van der Waals surface area contributed by atoms with Crippen LogP contribution in [-0.4, -0.2) is 66.4 Å². The molecule has 1 aliphatic rings. The molecular formula is C25H23N5O5. The quantitative estimate of drug-likeness (QED) is 0.313. The van der Waals surface area contributed by atoms with Crippen molar-refractivity contribution in [3.63, 3.8) is 0 Å². The fourth-order valence-electron chi connectivity index (χ4n) is 3.97. The summed E-state index contributed by atoms with van der Waals surface area (Å²) in [6.45, 7) is -0.345. The first-order valence-electron chi connectivity index (χ1n) is 11.0. The van der Waals surface area contributed by atoms with Crippen molar-refractivity contribution in [1.29, 1.82) is 0 Å². The number of imidazole rings is 1. The third-order valence-electron chi connectivity index (χ3n) is 5.71. The molecule has 1 aliphatic heterocycles. The van der Waals surface area contributed by atoms with E-state index in [0.29, 0.717) is 11.3 Å². The molecule has 0 radical (unpaired) electrons. The van der Waals surface area contributed by atoms with Crippen LogP contribution in [0, 0.1) is 11.8 Å². The van der Waals surface area contributed by atoms with Crippen molar-refractivity contribution in [2.24, 2.45) is 0 Å². The molecule has 5 N–H and O–H groups in total. The molecule has 3 heterocycles. The summed E-state index contributed by atoms with van der Waals surface area (Å²) in [7, 11) is 0. The van der Waals surface area contributed by atoms with Gasteiger partial charge in [-0.25, -0.2) is 15.0 Å². The van der Waals surface area contributed by atoms with E-state index in [9.17, 15) is 15.3 Å². The highest BCUT2D eigenvalue weighted by Crippen LogP contribution is 2.32. The highest BCUT2D eigenvalue weighted by atomic mass is 16.6. The van der Waals surface area contributed by atoms with E-state index in [2.05, 4.69) is 26.8 Å². The minimum atomic E-state index is -1.28. The zero-order valence-electron chi connectivity index (χ0n) is 18.5. The summed E-state index contributed by atoms with van der Waals surface area (Å²) in [6.07, 6.45) is -3.08. The molecule has 35 heavy (non-hydrogen) atoms. The van der Waals surface area contributed by atoms with Crippen molar-refractivity contribution in [2.75, 3.05) is 18.9 Å². The van der Waals surface area contributed by atoms with Gasteiger partial charge in [-0.1, -0.05) is 54.5 Å². The molecule has 0 amide bonds. The number of benzene rings is 2. The number of aliphatic hydroxyl groups is 3. The number of ether oxygens (including phenoxy) is 2. The Labute approximate surface area is 200 Å². The number of hydrogen-bond donors (Lipinski definition) is 4. The average Bonchev–Trinajstić information content (AvgIpc) is 3.43. The highest BCUT2D eigenvalue weighted by molar-refractivity contribution is 5.82. The number of nitrogens with zero attached hydrogens (tertiary/aromatic N) is 4. The van der Waals surface area contributed by atoms with E-state index in [1.807, 2.05) is 54.6 Å². The predicted octanol–water partition coefficient (Wildman–Crippen LogP) is 1.12. The van der Waals surface area contributed by atoms with E-state index in [1.54, 1.807) is 0 Å². The summed E-state index contributed by atoms with van der Waals surface area (Å²) in [6, 6.07) is 17.6. The van der Waals surface area contributed by atoms with E-state index in [0.717, 1.165) is 11.1 Å². The predicted molar refractivity (Wildman–Crippen MR) is 127 cm³/mol. The normalized spacial score (nSPS) is 21.6. The monoisotopic (exact) mass is 473 g/mol. The molecule has 0 aliphatic carbocycles. The maximum Gasteiger partial charge on any atom is 0.209 e. The Balaban J connectivity index is 1.37. The molecule has 10 heteroatoms. The third kappa shape index (κ3) is 4.41. The lowest BCUT2D eigenvalue weighted by Gasteiger charge is -2.16. The van der Waals surface area contributed by atoms with Gasteiger partial charge in [0.05, 0.1) is 12.9 Å². The van der Waals surface area contributed by atoms with Crippen molar-refractivity contribution >= 4 is 17.0 Å². The minimum absolute atomic E-state index is 0.0965. The second kappa shape index (κ2) is 9.69. The summed E-state index contributed by atoms with van der Waals surface area (Å²) in [5.41, 5.74) is 8.63. The number of nitrogen functional groups attached to an aromatic ring is 1. The van der Waals surface area contributed by atoms with Crippen molar-refractivity contribution < 1.29 is 24.8 Å². The van der Waals surface area contributed by atoms with E-state index < -0.39 is 31.1 Å². The van der Waals surface area contributed by atoms with Gasteiger partial charge in [0.1, 0.15) is 36.2 Å². The van der Waals surface area contributed by atoms with Crippen molar-refractivity contribution in [2.45, 2.75) is 24.5 Å².